The van der Waals surface area contributed by atoms with Crippen LogP contribution in [0.1, 0.15) is 13.8 Å². The molecule has 0 aliphatic carbocycles. The minimum Gasteiger partial charge on any atom is -0.465 e. The molecule has 0 saturated heterocycles. The van der Waals surface area contributed by atoms with Gasteiger partial charge < -0.3 is 10.1 Å². The van der Waals surface area contributed by atoms with E-state index >= 15 is 0 Å². The summed E-state index contributed by atoms with van der Waals surface area (Å²) in [5, 5.41) is 3.44. The lowest BCUT2D eigenvalue weighted by molar-refractivity contribution is -0.145. The highest BCUT2D eigenvalue weighted by Gasteiger charge is 2.18. The van der Waals surface area contributed by atoms with E-state index in [1.165, 1.54) is 15.6 Å². The van der Waals surface area contributed by atoms with Crippen LogP contribution in [0.15, 0.2) is 24.3 Å². The molecule has 2 atom stereocenters. The van der Waals surface area contributed by atoms with Crippen LogP contribution in [0.4, 0.5) is 5.13 Å². The Labute approximate surface area is 141 Å². The molecule has 1 unspecified atom stereocenters. The predicted molar refractivity (Wildman–Crippen MR) is 91.8 cm³/mol. The molecule has 0 spiro atoms. The van der Waals surface area contributed by atoms with E-state index in [1.54, 1.807) is 13.8 Å². The number of carbonyl (C=O) groups is 1. The predicted octanol–water partition coefficient (Wildman–Crippen LogP) is 1.78. The van der Waals surface area contributed by atoms with Crippen molar-refractivity contribution >= 4 is 43.9 Å². The fourth-order valence-electron chi connectivity index (χ4n) is 1.94. The molecule has 2 N–H and O–H groups in total. The fourth-order valence-corrected chi connectivity index (χ4v) is 3.56. The van der Waals surface area contributed by atoms with Crippen molar-refractivity contribution in [1.82, 2.24) is 10.3 Å². The number of ether oxygens (including phenoxy) is 1. The summed E-state index contributed by atoms with van der Waals surface area (Å²) in [5.41, 5.74) is 0.788. The number of nitrogens with zero attached hydrogens (tertiary/aromatic N) is 2. The summed E-state index contributed by atoms with van der Waals surface area (Å²) in [6, 6.07) is 7.06. The number of benzene rings is 1. The number of anilines is 1. The van der Waals surface area contributed by atoms with Crippen molar-refractivity contribution in [3.63, 3.8) is 0 Å². The Kier molecular flexibility index (Phi) is 6.46. The molecule has 0 fully saturated rings. The number of carbonyl (C=O) groups excluding carboxylic acids is 1. The van der Waals surface area contributed by atoms with Gasteiger partial charge in [-0.3, -0.25) is 9.35 Å². The lowest BCUT2D eigenvalue weighted by Gasteiger charge is -2.18. The van der Waals surface area contributed by atoms with Gasteiger partial charge in [-0.2, -0.15) is 0 Å². The van der Waals surface area contributed by atoms with E-state index in [2.05, 4.69) is 10.3 Å². The van der Waals surface area contributed by atoms with Gasteiger partial charge in [-0.25, -0.2) is 13.5 Å². The molecule has 0 aliphatic heterocycles. The molecular weight excluding hydrogens is 338 g/mol. The number of fused-ring (bicyclic) bond motifs is 1. The topological polar surface area (TPSA) is 91.8 Å². The molecule has 23 heavy (non-hydrogen) atoms. The monoisotopic (exact) mass is 357 g/mol. The Balaban J connectivity index is 1.99. The number of thiazole rings is 1. The van der Waals surface area contributed by atoms with Crippen LogP contribution in [0.25, 0.3) is 10.2 Å². The van der Waals surface area contributed by atoms with Gasteiger partial charge in [0.1, 0.15) is 6.04 Å². The summed E-state index contributed by atoms with van der Waals surface area (Å²) in [6.45, 7) is 4.35. The Morgan fingerprint density at radius 2 is 2.26 bits per heavy atom. The maximum atomic E-state index is 11.6. The largest absolute Gasteiger partial charge is 0.465 e. The molecular formula is C14H19N3O4S2. The first-order valence-corrected chi connectivity index (χ1v) is 9.05. The van der Waals surface area contributed by atoms with Gasteiger partial charge in [-0.15, -0.1) is 0 Å². The molecule has 0 aliphatic rings. The van der Waals surface area contributed by atoms with Crippen molar-refractivity contribution in [1.29, 1.82) is 0 Å². The third kappa shape index (κ3) is 4.71. The molecule has 0 amide bonds. The molecule has 0 bridgehead atoms. The zero-order chi connectivity index (χ0) is 16.8. The van der Waals surface area contributed by atoms with E-state index in [0.29, 0.717) is 18.3 Å². The van der Waals surface area contributed by atoms with Crippen molar-refractivity contribution in [2.24, 2.45) is 0 Å². The van der Waals surface area contributed by atoms with Crippen LogP contribution in [0, 0.1) is 0 Å². The first kappa shape index (κ1) is 17.8. The van der Waals surface area contributed by atoms with Crippen LogP contribution in [-0.4, -0.2) is 45.5 Å². The van der Waals surface area contributed by atoms with Gasteiger partial charge in [-0.05, 0) is 26.0 Å². The summed E-state index contributed by atoms with van der Waals surface area (Å²) >= 11 is -0.835. The third-order valence-electron chi connectivity index (χ3n) is 3.09. The molecule has 1 heterocycles. The number of hydrogen-bond acceptors (Lipinski definition) is 6. The highest BCUT2D eigenvalue weighted by molar-refractivity contribution is 7.81. The first-order chi connectivity index (χ1) is 11.0. The number of rotatable bonds is 8. The van der Waals surface area contributed by atoms with Crippen molar-refractivity contribution in [3.8, 4) is 0 Å². The standard InChI is InChI=1S/C14H19N3O4S2/c1-3-21-13(18)10(2)15-8-9-17(23(19)20)14-16-11-6-4-5-7-12(11)22-14/h4-7,10,15H,3,8-9H2,1-2H3,(H,19,20)/t10-/m0/s1. The molecule has 7 nitrogen and oxygen atoms in total. The molecule has 0 saturated carbocycles. The molecule has 9 heteroatoms. The van der Waals surface area contributed by atoms with Gasteiger partial charge in [0.15, 0.2) is 5.13 Å². The van der Waals surface area contributed by atoms with Crippen LogP contribution in [0.3, 0.4) is 0 Å². The second kappa shape index (κ2) is 8.34. The highest BCUT2D eigenvalue weighted by atomic mass is 32.2. The lowest BCUT2D eigenvalue weighted by Crippen LogP contribution is -2.41. The molecule has 1 aromatic heterocycles. The van der Waals surface area contributed by atoms with Crippen LogP contribution in [0.5, 0.6) is 0 Å². The van der Waals surface area contributed by atoms with Gasteiger partial charge in [0, 0.05) is 13.1 Å². The molecule has 0 radical (unpaired) electrons. The van der Waals surface area contributed by atoms with Gasteiger partial charge in [0.2, 0.25) is 0 Å². The quantitative estimate of drug-likeness (QED) is 0.553. The highest BCUT2D eigenvalue weighted by Crippen LogP contribution is 2.28. The third-order valence-corrected chi connectivity index (χ3v) is 5.00. The van der Waals surface area contributed by atoms with E-state index in [4.69, 9.17) is 4.74 Å². The first-order valence-electron chi connectivity index (χ1n) is 7.17. The molecule has 2 aromatic rings. The van der Waals surface area contributed by atoms with Crippen molar-refractivity contribution in [2.45, 2.75) is 19.9 Å². The summed E-state index contributed by atoms with van der Waals surface area (Å²) in [4.78, 5) is 15.9. The zero-order valence-corrected chi connectivity index (χ0v) is 14.5. The summed E-state index contributed by atoms with van der Waals surface area (Å²) < 4.78 is 28.2. The Hall–Kier alpha value is -1.55. The average Bonchev–Trinajstić information content (AvgIpc) is 2.94. The number of hydrogen-bond donors (Lipinski definition) is 2. The van der Waals surface area contributed by atoms with Crippen LogP contribution < -0.4 is 9.62 Å². The molecule has 126 valence electrons. The second-order valence-corrected chi connectivity index (χ2v) is 6.64. The van der Waals surface area contributed by atoms with E-state index in [0.717, 1.165) is 10.2 Å². The summed E-state index contributed by atoms with van der Waals surface area (Å²) in [6.07, 6.45) is 0. The van der Waals surface area contributed by atoms with Crippen molar-refractivity contribution < 1.29 is 18.3 Å². The van der Waals surface area contributed by atoms with E-state index in [-0.39, 0.29) is 12.5 Å². The maximum Gasteiger partial charge on any atom is 0.322 e. The van der Waals surface area contributed by atoms with Gasteiger partial charge in [0.05, 0.1) is 16.8 Å². The van der Waals surface area contributed by atoms with Crippen LogP contribution in [0.2, 0.25) is 0 Å². The average molecular weight is 357 g/mol. The van der Waals surface area contributed by atoms with E-state index in [1.807, 2.05) is 24.3 Å². The SMILES string of the molecule is CCOC(=O)[C@H](C)NCCN(c1nc2ccccc2s1)S(=O)O. The van der Waals surface area contributed by atoms with Crippen molar-refractivity contribution in [3.05, 3.63) is 24.3 Å². The minimum atomic E-state index is -2.18. The minimum absolute atomic E-state index is 0.243. The number of nitrogens with one attached hydrogen (secondary N) is 1. The second-order valence-electron chi connectivity index (χ2n) is 4.72. The Morgan fingerprint density at radius 1 is 1.52 bits per heavy atom. The normalized spacial score (nSPS) is 13.7. The van der Waals surface area contributed by atoms with Crippen molar-refractivity contribution in [2.75, 3.05) is 24.0 Å². The van der Waals surface area contributed by atoms with Crippen LogP contribution >= 0.6 is 11.3 Å². The number of aromatic nitrogens is 1. The van der Waals surface area contributed by atoms with Gasteiger partial charge >= 0.3 is 5.97 Å². The number of esters is 1. The number of para-hydroxylation sites is 1. The van der Waals surface area contributed by atoms with Crippen LogP contribution in [-0.2, 0) is 20.8 Å². The molecule has 1 aromatic carbocycles. The summed E-state index contributed by atoms with van der Waals surface area (Å²) in [7, 11) is 0. The Morgan fingerprint density at radius 3 is 2.91 bits per heavy atom. The van der Waals surface area contributed by atoms with Gasteiger partial charge in [-0.1, -0.05) is 23.5 Å². The molecule has 2 rings (SSSR count). The maximum absolute atomic E-state index is 11.6. The zero-order valence-electron chi connectivity index (χ0n) is 12.9. The Bertz CT molecular complexity index is 658. The lowest BCUT2D eigenvalue weighted by atomic mass is 10.3. The van der Waals surface area contributed by atoms with E-state index in [9.17, 15) is 13.6 Å². The summed E-state index contributed by atoms with van der Waals surface area (Å²) in [5.74, 6) is -0.343. The smallest absolute Gasteiger partial charge is 0.322 e. The van der Waals surface area contributed by atoms with E-state index < -0.39 is 17.3 Å². The fraction of sp³-hybridized carbons (Fsp3) is 0.429. The van der Waals surface area contributed by atoms with Gasteiger partial charge in [0.25, 0.3) is 11.3 Å².